The molecule has 0 aliphatic carbocycles. The van der Waals surface area contributed by atoms with Gasteiger partial charge in [0.15, 0.2) is 0 Å². The topological polar surface area (TPSA) is 67.6 Å². The van der Waals surface area contributed by atoms with Gasteiger partial charge < -0.3 is 15.8 Å². The smallest absolute Gasteiger partial charge is 0.234 e. The molecule has 5 nitrogen and oxygen atoms in total. The molecule has 2 aromatic rings. The van der Waals surface area contributed by atoms with Crippen LogP contribution < -0.4 is 15.8 Å². The summed E-state index contributed by atoms with van der Waals surface area (Å²) in [5, 5.41) is 2.95. The number of rotatable bonds is 8. The van der Waals surface area contributed by atoms with E-state index >= 15 is 0 Å². The largest absolute Gasteiger partial charge is 0.492 e. The van der Waals surface area contributed by atoms with Crippen molar-refractivity contribution in [1.29, 1.82) is 0 Å². The molecule has 2 aromatic carbocycles. The van der Waals surface area contributed by atoms with Crippen LogP contribution in [0.15, 0.2) is 54.6 Å². The average Bonchev–Trinajstić information content (AvgIpc) is 3.09. The van der Waals surface area contributed by atoms with Crippen LogP contribution in [0.2, 0.25) is 0 Å². The Morgan fingerprint density at radius 3 is 2.68 bits per heavy atom. The minimum Gasteiger partial charge on any atom is -0.492 e. The molecule has 152 valence electrons. The summed E-state index contributed by atoms with van der Waals surface area (Å²) in [6, 6.07) is 18.4. The van der Waals surface area contributed by atoms with Gasteiger partial charge in [-0.15, -0.1) is 12.4 Å². The lowest BCUT2D eigenvalue weighted by molar-refractivity contribution is -0.122. The van der Waals surface area contributed by atoms with E-state index in [9.17, 15) is 4.79 Å². The van der Waals surface area contributed by atoms with E-state index in [2.05, 4.69) is 34.5 Å². The van der Waals surface area contributed by atoms with Gasteiger partial charge in [0.05, 0.1) is 13.1 Å². The number of carbonyl (C=O) groups excluding carboxylic acids is 1. The molecule has 1 saturated heterocycles. The Labute approximate surface area is 173 Å². The number of aryl methyl sites for hydroxylation is 1. The number of nitrogens with zero attached hydrogens (tertiary/aromatic N) is 1. The standard InChI is InChI=1S/C22H29N3O2.ClH/c1-17-6-5-9-20(12-17)27-11-10-24-22(26)16-25-14-19(13-23)21(15-25)18-7-3-2-4-8-18;/h2-9,12,19,21H,10-11,13-16,23H2,1H3,(H,24,26);1H/t19-,21+;/m1./s1. The van der Waals surface area contributed by atoms with Gasteiger partial charge in [-0.3, -0.25) is 9.69 Å². The van der Waals surface area contributed by atoms with Crippen molar-refractivity contribution in [2.24, 2.45) is 11.7 Å². The van der Waals surface area contributed by atoms with Crippen molar-refractivity contribution in [2.45, 2.75) is 12.8 Å². The third kappa shape index (κ3) is 6.23. The summed E-state index contributed by atoms with van der Waals surface area (Å²) in [5.74, 6) is 1.66. The SMILES string of the molecule is Cc1cccc(OCCNC(=O)CN2C[C@@H](CN)[C@H](c3ccccc3)C2)c1.Cl. The number of hydrogen-bond acceptors (Lipinski definition) is 4. The van der Waals surface area contributed by atoms with Crippen molar-refractivity contribution >= 4 is 18.3 Å². The molecule has 1 heterocycles. The zero-order valence-corrected chi connectivity index (χ0v) is 17.2. The Balaban J connectivity index is 0.00000280. The van der Waals surface area contributed by atoms with Crippen LogP contribution in [0.4, 0.5) is 0 Å². The first-order chi connectivity index (χ1) is 13.2. The molecule has 2 atom stereocenters. The number of nitrogens with one attached hydrogen (secondary N) is 1. The summed E-state index contributed by atoms with van der Waals surface area (Å²) < 4.78 is 5.67. The molecule has 3 rings (SSSR count). The molecule has 0 spiro atoms. The first-order valence-electron chi connectivity index (χ1n) is 9.59. The van der Waals surface area contributed by atoms with E-state index < -0.39 is 0 Å². The van der Waals surface area contributed by atoms with E-state index in [4.69, 9.17) is 10.5 Å². The van der Waals surface area contributed by atoms with Crippen LogP contribution in [0.5, 0.6) is 5.75 Å². The zero-order valence-electron chi connectivity index (χ0n) is 16.3. The second-order valence-electron chi connectivity index (χ2n) is 7.22. The lowest BCUT2D eigenvalue weighted by Crippen LogP contribution is -2.38. The summed E-state index contributed by atoms with van der Waals surface area (Å²) in [7, 11) is 0. The first-order valence-corrected chi connectivity index (χ1v) is 9.59. The predicted octanol–water partition coefficient (Wildman–Crippen LogP) is 2.59. The second-order valence-corrected chi connectivity index (χ2v) is 7.22. The molecule has 6 heteroatoms. The molecule has 28 heavy (non-hydrogen) atoms. The molecular weight excluding hydrogens is 374 g/mol. The molecule has 1 amide bonds. The number of nitrogens with two attached hydrogens (primary N) is 1. The van der Waals surface area contributed by atoms with E-state index in [0.29, 0.717) is 38.1 Å². The summed E-state index contributed by atoms with van der Waals surface area (Å²) >= 11 is 0. The quantitative estimate of drug-likeness (QED) is 0.665. The highest BCUT2D eigenvalue weighted by Gasteiger charge is 2.33. The number of benzene rings is 2. The third-order valence-corrected chi connectivity index (χ3v) is 5.10. The van der Waals surface area contributed by atoms with Gasteiger partial charge in [0.2, 0.25) is 5.91 Å². The summed E-state index contributed by atoms with van der Waals surface area (Å²) in [6.45, 7) is 5.78. The molecule has 0 aromatic heterocycles. The Kier molecular flexibility index (Phi) is 8.77. The maximum absolute atomic E-state index is 12.3. The summed E-state index contributed by atoms with van der Waals surface area (Å²) in [4.78, 5) is 14.5. The van der Waals surface area contributed by atoms with Gasteiger partial charge >= 0.3 is 0 Å². The van der Waals surface area contributed by atoms with Crippen LogP contribution in [-0.2, 0) is 4.79 Å². The van der Waals surface area contributed by atoms with E-state index in [-0.39, 0.29) is 18.3 Å². The van der Waals surface area contributed by atoms with Crippen molar-refractivity contribution in [1.82, 2.24) is 10.2 Å². The van der Waals surface area contributed by atoms with Gasteiger partial charge in [-0.25, -0.2) is 0 Å². The Morgan fingerprint density at radius 2 is 1.96 bits per heavy atom. The minimum absolute atomic E-state index is 0. The van der Waals surface area contributed by atoms with Crippen molar-refractivity contribution in [3.05, 3.63) is 65.7 Å². The van der Waals surface area contributed by atoms with Gasteiger partial charge in [0, 0.05) is 19.0 Å². The summed E-state index contributed by atoms with van der Waals surface area (Å²) in [6.07, 6.45) is 0. The molecule has 0 radical (unpaired) electrons. The van der Waals surface area contributed by atoms with E-state index in [1.165, 1.54) is 5.56 Å². The fourth-order valence-electron chi connectivity index (χ4n) is 3.73. The van der Waals surface area contributed by atoms with E-state index in [0.717, 1.165) is 24.4 Å². The maximum Gasteiger partial charge on any atom is 0.234 e. The monoisotopic (exact) mass is 403 g/mol. The van der Waals surface area contributed by atoms with Crippen LogP contribution in [-0.4, -0.2) is 50.1 Å². The fraction of sp³-hybridized carbons (Fsp3) is 0.409. The average molecular weight is 404 g/mol. The van der Waals surface area contributed by atoms with Crippen LogP contribution in [0, 0.1) is 12.8 Å². The number of halogens is 1. The molecule has 0 bridgehead atoms. The van der Waals surface area contributed by atoms with Crippen LogP contribution in [0.1, 0.15) is 17.0 Å². The van der Waals surface area contributed by atoms with Gasteiger partial charge in [0.25, 0.3) is 0 Å². The van der Waals surface area contributed by atoms with Crippen molar-refractivity contribution in [3.63, 3.8) is 0 Å². The minimum atomic E-state index is 0. The zero-order chi connectivity index (χ0) is 19.1. The number of hydrogen-bond donors (Lipinski definition) is 2. The van der Waals surface area contributed by atoms with Gasteiger partial charge in [-0.2, -0.15) is 0 Å². The number of likely N-dealkylation sites (tertiary alicyclic amines) is 1. The number of amides is 1. The molecule has 3 N–H and O–H groups in total. The Bertz CT molecular complexity index is 742. The van der Waals surface area contributed by atoms with Crippen LogP contribution in [0.3, 0.4) is 0 Å². The highest BCUT2D eigenvalue weighted by atomic mass is 35.5. The first kappa shape index (κ1) is 22.2. The van der Waals surface area contributed by atoms with Crippen LogP contribution >= 0.6 is 12.4 Å². The third-order valence-electron chi connectivity index (χ3n) is 5.10. The molecule has 0 unspecified atom stereocenters. The predicted molar refractivity (Wildman–Crippen MR) is 115 cm³/mol. The van der Waals surface area contributed by atoms with Crippen molar-refractivity contribution in [2.75, 3.05) is 39.3 Å². The highest BCUT2D eigenvalue weighted by Crippen LogP contribution is 2.31. The Hall–Kier alpha value is -2.08. The highest BCUT2D eigenvalue weighted by molar-refractivity contribution is 5.85. The fourth-order valence-corrected chi connectivity index (χ4v) is 3.73. The van der Waals surface area contributed by atoms with Gasteiger partial charge in [0.1, 0.15) is 12.4 Å². The molecular formula is C22H30ClN3O2. The van der Waals surface area contributed by atoms with E-state index in [1.807, 2.05) is 37.3 Å². The maximum atomic E-state index is 12.3. The lowest BCUT2D eigenvalue weighted by atomic mass is 9.89. The Morgan fingerprint density at radius 1 is 1.18 bits per heavy atom. The van der Waals surface area contributed by atoms with Crippen molar-refractivity contribution in [3.8, 4) is 5.75 Å². The van der Waals surface area contributed by atoms with Crippen LogP contribution in [0.25, 0.3) is 0 Å². The summed E-state index contributed by atoms with van der Waals surface area (Å²) in [5.41, 5.74) is 8.44. The number of carbonyl (C=O) groups is 1. The normalized spacial score (nSPS) is 19.1. The van der Waals surface area contributed by atoms with Gasteiger partial charge in [-0.1, -0.05) is 42.5 Å². The molecule has 1 fully saturated rings. The van der Waals surface area contributed by atoms with Gasteiger partial charge in [-0.05, 0) is 42.6 Å². The molecule has 1 aliphatic rings. The van der Waals surface area contributed by atoms with Crippen molar-refractivity contribution < 1.29 is 9.53 Å². The molecule has 0 saturated carbocycles. The second kappa shape index (κ2) is 11.1. The number of ether oxygens (including phenoxy) is 1. The molecule has 1 aliphatic heterocycles. The van der Waals surface area contributed by atoms with E-state index in [1.54, 1.807) is 0 Å². The lowest BCUT2D eigenvalue weighted by Gasteiger charge is -2.16.